The van der Waals surface area contributed by atoms with Crippen LogP contribution in [0.15, 0.2) is 103 Å². The molecule has 3 aromatic carbocycles. The highest BCUT2D eigenvalue weighted by Gasteiger charge is 2.50. The van der Waals surface area contributed by atoms with Crippen molar-refractivity contribution in [2.75, 3.05) is 13.7 Å². The van der Waals surface area contributed by atoms with E-state index in [4.69, 9.17) is 9.16 Å². The van der Waals surface area contributed by atoms with Gasteiger partial charge in [0.15, 0.2) is 0 Å². The van der Waals surface area contributed by atoms with Gasteiger partial charge in [-0.1, -0.05) is 145 Å². The number of nitrogens with zero attached hydrogens (tertiary/aromatic N) is 1. The molecule has 0 bridgehead atoms. The monoisotopic (exact) mass is 653 g/mol. The number of rotatable bonds is 9. The summed E-state index contributed by atoms with van der Waals surface area (Å²) in [5.74, 6) is -0.0712. The molecule has 4 rings (SSSR count). The molecule has 0 saturated heterocycles. The number of amides is 1. The molecule has 1 heterocycles. The summed E-state index contributed by atoms with van der Waals surface area (Å²) in [5, 5.41) is 2.40. The number of cyclic esters (lactones) is 1. The Morgan fingerprint density at radius 1 is 0.787 bits per heavy atom. The van der Waals surface area contributed by atoms with Crippen molar-refractivity contribution in [1.82, 2.24) is 4.90 Å². The second-order valence-corrected chi connectivity index (χ2v) is 18.9. The van der Waals surface area contributed by atoms with Crippen molar-refractivity contribution in [3.8, 4) is 0 Å². The van der Waals surface area contributed by atoms with Crippen molar-refractivity contribution in [1.29, 1.82) is 0 Å². The van der Waals surface area contributed by atoms with Crippen LogP contribution in [-0.4, -0.2) is 50.9 Å². The summed E-state index contributed by atoms with van der Waals surface area (Å²) >= 11 is 0. The first kappa shape index (κ1) is 36.4. The molecule has 6 heteroatoms. The molecule has 0 spiro atoms. The van der Waals surface area contributed by atoms with Crippen LogP contribution >= 0.6 is 0 Å². The maximum absolute atomic E-state index is 14.0. The van der Waals surface area contributed by atoms with E-state index in [9.17, 15) is 9.59 Å². The fraction of sp³-hybridized carbons (Fsp3) is 0.463. The minimum Gasteiger partial charge on any atom is -0.461 e. The Morgan fingerprint density at radius 2 is 1.30 bits per heavy atom. The van der Waals surface area contributed by atoms with Gasteiger partial charge < -0.3 is 14.1 Å². The standard InChI is InChI=1S/C41H55NO4Si/c1-31-25-26-32(2)29-35(46-40(44)38(30-34-18-11-8-12-19-34)42(7)39(43)33(3)28-31)20-17-27-45-47(41(4,5)6,36-21-13-9-14-22-36)37-23-15-10-16-24-37/h8-16,18-19,21-26,31-33,35,38H,17,20,27-30H2,1-7H3/b26-25-/t31-,32-,33-,35-,38+/m1/s1. The predicted octanol–water partition coefficient (Wildman–Crippen LogP) is 7.58. The van der Waals surface area contributed by atoms with Crippen molar-refractivity contribution in [3.63, 3.8) is 0 Å². The van der Waals surface area contributed by atoms with E-state index < -0.39 is 14.4 Å². The predicted molar refractivity (Wildman–Crippen MR) is 195 cm³/mol. The molecule has 0 aromatic heterocycles. The first-order chi connectivity index (χ1) is 22.4. The molecular weight excluding hydrogens is 599 g/mol. The van der Waals surface area contributed by atoms with Crippen LogP contribution in [0.5, 0.6) is 0 Å². The van der Waals surface area contributed by atoms with Gasteiger partial charge in [-0.25, -0.2) is 4.79 Å². The van der Waals surface area contributed by atoms with Crippen molar-refractivity contribution in [3.05, 3.63) is 109 Å². The summed E-state index contributed by atoms with van der Waals surface area (Å²) < 4.78 is 13.5. The molecule has 1 aliphatic heterocycles. The highest BCUT2D eigenvalue weighted by Crippen LogP contribution is 2.37. The first-order valence-electron chi connectivity index (χ1n) is 17.4. The Labute approximate surface area is 284 Å². The van der Waals surface area contributed by atoms with Gasteiger partial charge in [-0.05, 0) is 58.5 Å². The third kappa shape index (κ3) is 9.32. The highest BCUT2D eigenvalue weighted by molar-refractivity contribution is 6.99. The van der Waals surface area contributed by atoms with Gasteiger partial charge in [-0.2, -0.15) is 0 Å². The fourth-order valence-corrected chi connectivity index (χ4v) is 11.7. The Hall–Kier alpha value is -3.48. The minimum absolute atomic E-state index is 0.0225. The average Bonchev–Trinajstić information content (AvgIpc) is 3.06. The van der Waals surface area contributed by atoms with Crippen LogP contribution in [0.3, 0.4) is 0 Å². The van der Waals surface area contributed by atoms with Crippen molar-refractivity contribution < 1.29 is 18.8 Å². The Kier molecular flexibility index (Phi) is 12.8. The lowest BCUT2D eigenvalue weighted by molar-refractivity contribution is -0.160. The maximum Gasteiger partial charge on any atom is 0.329 e. The topological polar surface area (TPSA) is 55.8 Å². The molecule has 0 radical (unpaired) electrons. The number of hydrogen-bond acceptors (Lipinski definition) is 4. The third-order valence-electron chi connectivity index (χ3n) is 9.60. The van der Waals surface area contributed by atoms with E-state index in [1.807, 2.05) is 37.3 Å². The lowest BCUT2D eigenvalue weighted by Crippen LogP contribution is -2.66. The SMILES string of the molecule is C[C@@H]1/C=C\[C@@H](C)C[C@@H](C)C(=O)N(C)[C@@H](Cc2ccccc2)C(=O)O[C@H](CCCO[Si](c2ccccc2)(c2ccccc2)C(C)(C)C)C1. The van der Waals surface area contributed by atoms with E-state index in [1.54, 1.807) is 11.9 Å². The molecule has 252 valence electrons. The Balaban J connectivity index is 1.58. The van der Waals surface area contributed by atoms with Gasteiger partial charge >= 0.3 is 5.97 Å². The summed E-state index contributed by atoms with van der Waals surface area (Å²) in [6.07, 6.45) is 7.47. The minimum atomic E-state index is -2.66. The summed E-state index contributed by atoms with van der Waals surface area (Å²) in [6.45, 7) is 13.7. The molecule has 5 nitrogen and oxygen atoms in total. The number of ether oxygens (including phenoxy) is 1. The van der Waals surface area contributed by atoms with Gasteiger partial charge in [0.25, 0.3) is 8.32 Å². The van der Waals surface area contributed by atoms with Crippen LogP contribution in [-0.2, 0) is 25.2 Å². The summed E-state index contributed by atoms with van der Waals surface area (Å²) in [4.78, 5) is 29.2. The molecule has 0 unspecified atom stereocenters. The summed E-state index contributed by atoms with van der Waals surface area (Å²) in [7, 11) is -0.909. The van der Waals surface area contributed by atoms with E-state index >= 15 is 0 Å². The smallest absolute Gasteiger partial charge is 0.329 e. The van der Waals surface area contributed by atoms with Gasteiger partial charge in [-0.15, -0.1) is 0 Å². The number of carbonyl (C=O) groups is 2. The number of esters is 1. The van der Waals surface area contributed by atoms with Gasteiger partial charge in [-0.3, -0.25) is 4.79 Å². The van der Waals surface area contributed by atoms with Crippen LogP contribution in [0.25, 0.3) is 0 Å². The van der Waals surface area contributed by atoms with Crippen LogP contribution in [0.1, 0.15) is 72.8 Å². The highest BCUT2D eigenvalue weighted by atomic mass is 28.4. The number of allylic oxidation sites excluding steroid dienone is 2. The van der Waals surface area contributed by atoms with Crippen molar-refractivity contribution in [2.24, 2.45) is 17.8 Å². The molecule has 5 atom stereocenters. The number of benzene rings is 3. The van der Waals surface area contributed by atoms with Crippen LogP contribution in [0.2, 0.25) is 5.04 Å². The van der Waals surface area contributed by atoms with Gasteiger partial charge in [0.1, 0.15) is 12.1 Å². The first-order valence-corrected chi connectivity index (χ1v) is 19.3. The second kappa shape index (κ2) is 16.6. The largest absolute Gasteiger partial charge is 0.461 e. The third-order valence-corrected chi connectivity index (χ3v) is 14.6. The lowest BCUT2D eigenvalue weighted by atomic mass is 9.93. The Bertz CT molecular complexity index is 1400. The van der Waals surface area contributed by atoms with Crippen LogP contribution < -0.4 is 10.4 Å². The molecule has 0 saturated carbocycles. The quantitative estimate of drug-likeness (QED) is 0.103. The molecule has 1 aliphatic rings. The zero-order valence-electron chi connectivity index (χ0n) is 29.5. The molecule has 1 amide bonds. The summed E-state index contributed by atoms with van der Waals surface area (Å²) in [5.41, 5.74) is 1.00. The normalized spacial score (nSPS) is 24.1. The molecule has 0 N–H and O–H groups in total. The zero-order valence-corrected chi connectivity index (χ0v) is 30.5. The summed E-state index contributed by atoms with van der Waals surface area (Å²) in [6, 6.07) is 30.6. The van der Waals surface area contributed by atoms with E-state index in [2.05, 4.69) is 107 Å². The van der Waals surface area contributed by atoms with E-state index in [0.717, 1.165) is 24.8 Å². The molecular formula is C41H55NO4Si. The molecule has 47 heavy (non-hydrogen) atoms. The van der Waals surface area contributed by atoms with Crippen molar-refractivity contribution in [2.45, 2.75) is 90.8 Å². The van der Waals surface area contributed by atoms with Gasteiger partial charge in [0.2, 0.25) is 5.91 Å². The van der Waals surface area contributed by atoms with E-state index in [-0.39, 0.29) is 40.8 Å². The molecule has 0 fully saturated rings. The number of hydrogen-bond donors (Lipinski definition) is 0. The average molecular weight is 654 g/mol. The van der Waals surface area contributed by atoms with Crippen LogP contribution in [0, 0.1) is 17.8 Å². The van der Waals surface area contributed by atoms with Crippen LogP contribution in [0.4, 0.5) is 0 Å². The second-order valence-electron chi connectivity index (χ2n) is 14.6. The molecule has 3 aromatic rings. The van der Waals surface area contributed by atoms with Gasteiger partial charge in [0, 0.05) is 26.0 Å². The molecule has 0 aliphatic carbocycles. The fourth-order valence-electron chi connectivity index (χ4n) is 7.09. The van der Waals surface area contributed by atoms with Crippen molar-refractivity contribution >= 4 is 30.6 Å². The number of carbonyl (C=O) groups excluding carboxylic acids is 2. The maximum atomic E-state index is 14.0. The number of likely N-dealkylation sites (N-methyl/N-ethyl adjacent to an activating group) is 1. The van der Waals surface area contributed by atoms with E-state index in [1.165, 1.54) is 10.4 Å². The Morgan fingerprint density at radius 3 is 1.83 bits per heavy atom. The van der Waals surface area contributed by atoms with Gasteiger partial charge in [0.05, 0.1) is 0 Å². The zero-order chi connectivity index (χ0) is 34.0. The van der Waals surface area contributed by atoms with E-state index in [0.29, 0.717) is 19.4 Å². The lowest BCUT2D eigenvalue weighted by Gasteiger charge is -2.43.